The summed E-state index contributed by atoms with van der Waals surface area (Å²) in [5.74, 6) is 2.40. The zero-order chi connectivity index (χ0) is 23.0. The predicted octanol–water partition coefficient (Wildman–Crippen LogP) is 4.43. The van der Waals surface area contributed by atoms with Crippen LogP contribution in [-0.4, -0.2) is 59.3 Å². The molecule has 2 aliphatic heterocycles. The molecule has 0 aliphatic carbocycles. The molecular formula is C27H33N3O2S. The van der Waals surface area contributed by atoms with Crippen molar-refractivity contribution in [2.45, 2.75) is 26.3 Å². The molecule has 0 spiro atoms. The van der Waals surface area contributed by atoms with E-state index in [4.69, 9.17) is 0 Å². The first-order valence-electron chi connectivity index (χ1n) is 11.8. The number of nitrogens with one attached hydrogen (secondary N) is 1. The van der Waals surface area contributed by atoms with Gasteiger partial charge in [-0.2, -0.15) is 11.8 Å². The van der Waals surface area contributed by atoms with Gasteiger partial charge in [-0.25, -0.2) is 0 Å². The van der Waals surface area contributed by atoms with Crippen molar-refractivity contribution in [1.29, 1.82) is 0 Å². The maximum absolute atomic E-state index is 13.0. The van der Waals surface area contributed by atoms with E-state index in [1.54, 1.807) is 6.08 Å². The molecule has 2 aliphatic rings. The second-order valence-corrected chi connectivity index (χ2v) is 10.0. The largest absolute Gasteiger partial charge is 0.339 e. The van der Waals surface area contributed by atoms with Crippen LogP contribution in [0.15, 0.2) is 54.6 Å². The first kappa shape index (κ1) is 23.6. The number of amides is 2. The van der Waals surface area contributed by atoms with Gasteiger partial charge in [-0.3, -0.25) is 14.5 Å². The summed E-state index contributed by atoms with van der Waals surface area (Å²) in [6.45, 7) is 6.51. The number of hydrogen-bond donors (Lipinski definition) is 1. The van der Waals surface area contributed by atoms with Gasteiger partial charge in [0.05, 0.1) is 0 Å². The number of benzene rings is 2. The summed E-state index contributed by atoms with van der Waals surface area (Å²) < 4.78 is 0. The summed E-state index contributed by atoms with van der Waals surface area (Å²) in [5, 5.41) is 3.17. The van der Waals surface area contributed by atoms with Crippen LogP contribution in [-0.2, 0) is 16.1 Å². The molecule has 6 heteroatoms. The third-order valence-electron chi connectivity index (χ3n) is 6.60. The van der Waals surface area contributed by atoms with Crippen LogP contribution in [0.2, 0.25) is 0 Å². The molecule has 0 saturated carbocycles. The van der Waals surface area contributed by atoms with Crippen molar-refractivity contribution in [2.24, 2.45) is 5.92 Å². The third-order valence-corrected chi connectivity index (χ3v) is 7.54. The number of piperidine rings is 1. The number of carbonyl (C=O) groups is 2. The highest BCUT2D eigenvalue weighted by atomic mass is 32.2. The van der Waals surface area contributed by atoms with Gasteiger partial charge in [0, 0.05) is 61.9 Å². The highest BCUT2D eigenvalue weighted by Gasteiger charge is 2.27. The van der Waals surface area contributed by atoms with Crippen LogP contribution in [0.1, 0.15) is 29.5 Å². The van der Waals surface area contributed by atoms with Crippen molar-refractivity contribution in [3.05, 3.63) is 71.3 Å². The normalized spacial score (nSPS) is 17.9. The zero-order valence-electron chi connectivity index (χ0n) is 19.3. The molecule has 2 aromatic carbocycles. The van der Waals surface area contributed by atoms with Crippen LogP contribution in [0, 0.1) is 12.8 Å². The van der Waals surface area contributed by atoms with Gasteiger partial charge >= 0.3 is 0 Å². The lowest BCUT2D eigenvalue weighted by Crippen LogP contribution is -2.40. The van der Waals surface area contributed by atoms with E-state index in [0.29, 0.717) is 25.9 Å². The molecule has 2 heterocycles. The third kappa shape index (κ3) is 6.49. The van der Waals surface area contributed by atoms with Gasteiger partial charge in [-0.05, 0) is 48.6 Å². The highest BCUT2D eigenvalue weighted by molar-refractivity contribution is 7.99. The Kier molecular flexibility index (Phi) is 8.24. The Hall–Kier alpha value is -2.57. The summed E-state index contributed by atoms with van der Waals surface area (Å²) >= 11 is 2.02. The van der Waals surface area contributed by atoms with Crippen molar-refractivity contribution in [2.75, 3.05) is 43.0 Å². The first-order valence-corrected chi connectivity index (χ1v) is 13.0. The summed E-state index contributed by atoms with van der Waals surface area (Å²) in [6, 6.07) is 16.0. The minimum absolute atomic E-state index is 0.0115. The summed E-state index contributed by atoms with van der Waals surface area (Å²) in [7, 11) is 0. The minimum Gasteiger partial charge on any atom is -0.339 e. The number of nitrogens with zero attached hydrogens (tertiary/aromatic N) is 2. The summed E-state index contributed by atoms with van der Waals surface area (Å²) in [5.41, 5.74) is 4.36. The maximum Gasteiger partial charge on any atom is 0.246 e. The molecule has 2 saturated heterocycles. The SMILES string of the molecule is Cc1c(CN2CCSCC2)cccc1NC(=O)C1CCN(C(=O)/C=C/c2ccccc2)CC1. The number of thioether (sulfide) groups is 1. The van der Waals surface area contributed by atoms with Crippen LogP contribution >= 0.6 is 11.8 Å². The van der Waals surface area contributed by atoms with E-state index < -0.39 is 0 Å². The van der Waals surface area contributed by atoms with Crippen LogP contribution in [0.3, 0.4) is 0 Å². The van der Waals surface area contributed by atoms with E-state index in [1.807, 2.05) is 65.2 Å². The van der Waals surface area contributed by atoms with Gasteiger partial charge in [-0.15, -0.1) is 0 Å². The van der Waals surface area contributed by atoms with E-state index in [1.165, 1.54) is 17.1 Å². The van der Waals surface area contributed by atoms with E-state index in [-0.39, 0.29) is 17.7 Å². The zero-order valence-corrected chi connectivity index (χ0v) is 20.2. The van der Waals surface area contributed by atoms with Crippen molar-refractivity contribution >= 4 is 35.3 Å². The van der Waals surface area contributed by atoms with Crippen molar-refractivity contribution in [1.82, 2.24) is 9.80 Å². The standard InChI is InChI=1S/C27H33N3O2S/c1-21-24(20-29-16-18-33-19-17-29)8-5-9-25(21)28-27(32)23-12-14-30(15-13-23)26(31)11-10-22-6-3-2-4-7-22/h2-11,23H,12-20H2,1H3,(H,28,32)/b11-10+. The average Bonchev–Trinajstić information content (AvgIpc) is 2.86. The molecule has 0 unspecified atom stereocenters. The molecule has 0 atom stereocenters. The molecule has 5 nitrogen and oxygen atoms in total. The van der Waals surface area contributed by atoms with E-state index in [9.17, 15) is 9.59 Å². The smallest absolute Gasteiger partial charge is 0.246 e. The Morgan fingerprint density at radius 2 is 1.73 bits per heavy atom. The van der Waals surface area contributed by atoms with E-state index in [0.717, 1.165) is 36.4 Å². The predicted molar refractivity (Wildman–Crippen MR) is 137 cm³/mol. The molecule has 0 aromatic heterocycles. The van der Waals surface area contributed by atoms with Crippen molar-refractivity contribution in [3.63, 3.8) is 0 Å². The molecule has 2 amide bonds. The quantitative estimate of drug-likeness (QED) is 0.644. The van der Waals surface area contributed by atoms with Crippen LogP contribution < -0.4 is 5.32 Å². The van der Waals surface area contributed by atoms with Gasteiger partial charge in [0.25, 0.3) is 0 Å². The lowest BCUT2D eigenvalue weighted by Gasteiger charge is -2.31. The fourth-order valence-electron chi connectivity index (χ4n) is 4.42. The van der Waals surface area contributed by atoms with Gasteiger partial charge in [0.1, 0.15) is 0 Å². The lowest BCUT2D eigenvalue weighted by atomic mass is 9.95. The van der Waals surface area contributed by atoms with Crippen molar-refractivity contribution < 1.29 is 9.59 Å². The number of likely N-dealkylation sites (tertiary alicyclic amines) is 1. The Balaban J connectivity index is 1.29. The Bertz CT molecular complexity index is 978. The second kappa shape index (κ2) is 11.5. The first-order chi connectivity index (χ1) is 16.1. The Morgan fingerprint density at radius 1 is 1.00 bits per heavy atom. The number of carbonyl (C=O) groups excluding carboxylic acids is 2. The second-order valence-electron chi connectivity index (χ2n) is 8.81. The maximum atomic E-state index is 13.0. The Labute approximate surface area is 201 Å². The van der Waals surface area contributed by atoms with Gasteiger partial charge in [-0.1, -0.05) is 42.5 Å². The van der Waals surface area contributed by atoms with E-state index >= 15 is 0 Å². The number of rotatable bonds is 6. The Morgan fingerprint density at radius 3 is 2.45 bits per heavy atom. The lowest BCUT2D eigenvalue weighted by molar-refractivity contribution is -0.130. The molecule has 2 aromatic rings. The number of anilines is 1. The minimum atomic E-state index is -0.0608. The average molecular weight is 464 g/mol. The fourth-order valence-corrected chi connectivity index (χ4v) is 5.40. The van der Waals surface area contributed by atoms with Gasteiger partial charge in [0.15, 0.2) is 0 Å². The summed E-state index contributed by atoms with van der Waals surface area (Å²) in [4.78, 5) is 29.8. The van der Waals surface area contributed by atoms with Crippen LogP contribution in [0.4, 0.5) is 5.69 Å². The number of hydrogen-bond acceptors (Lipinski definition) is 4. The molecule has 0 radical (unpaired) electrons. The van der Waals surface area contributed by atoms with Gasteiger partial charge < -0.3 is 10.2 Å². The van der Waals surface area contributed by atoms with E-state index in [2.05, 4.69) is 23.2 Å². The monoisotopic (exact) mass is 463 g/mol. The van der Waals surface area contributed by atoms with Crippen molar-refractivity contribution in [3.8, 4) is 0 Å². The van der Waals surface area contributed by atoms with Crippen LogP contribution in [0.5, 0.6) is 0 Å². The molecule has 33 heavy (non-hydrogen) atoms. The molecule has 0 bridgehead atoms. The van der Waals surface area contributed by atoms with Gasteiger partial charge in [0.2, 0.25) is 11.8 Å². The highest BCUT2D eigenvalue weighted by Crippen LogP contribution is 2.25. The summed E-state index contributed by atoms with van der Waals surface area (Å²) in [6.07, 6.45) is 4.87. The molecule has 1 N–H and O–H groups in total. The van der Waals surface area contributed by atoms with Crippen LogP contribution in [0.25, 0.3) is 6.08 Å². The fraction of sp³-hybridized carbons (Fsp3) is 0.407. The topological polar surface area (TPSA) is 52.7 Å². The molecule has 2 fully saturated rings. The molecule has 4 rings (SSSR count). The molecule has 174 valence electrons. The molecular weight excluding hydrogens is 430 g/mol.